The van der Waals surface area contributed by atoms with E-state index in [0.717, 1.165) is 19.3 Å². The Hall–Kier alpha value is 1.13. The van der Waals surface area contributed by atoms with Gasteiger partial charge in [0.05, 0.1) is 0 Å². The van der Waals surface area contributed by atoms with Gasteiger partial charge in [-0.1, -0.05) is 60.8 Å². The molecule has 0 saturated heterocycles. The van der Waals surface area contributed by atoms with Crippen LogP contribution in [0, 0.1) is 37.3 Å². The van der Waals surface area contributed by atoms with Crippen molar-refractivity contribution >= 4 is 0 Å². The second-order valence-electron chi connectivity index (χ2n) is 3.66. The molecule has 0 N–H and O–H groups in total. The van der Waals surface area contributed by atoms with Gasteiger partial charge in [0.2, 0.25) is 0 Å². The molecule has 0 spiro atoms. The largest absolute Gasteiger partial charge is 3.00 e. The van der Waals surface area contributed by atoms with Crippen LogP contribution in [0.3, 0.4) is 0 Å². The van der Waals surface area contributed by atoms with E-state index < -0.39 is 0 Å². The van der Waals surface area contributed by atoms with Crippen molar-refractivity contribution in [3.8, 4) is 0 Å². The summed E-state index contributed by atoms with van der Waals surface area (Å²) in [5.41, 5.74) is 0. The third-order valence-electron chi connectivity index (χ3n) is 1.72. The van der Waals surface area contributed by atoms with Gasteiger partial charge in [-0.05, 0) is 0 Å². The molecule has 1 radical (unpaired) electrons. The maximum absolute atomic E-state index is 9.90. The van der Waals surface area contributed by atoms with Crippen molar-refractivity contribution in [1.29, 1.82) is 0 Å². The first kappa shape index (κ1) is 25.8. The number of rotatable bonds is 3. The van der Waals surface area contributed by atoms with E-state index in [0.29, 0.717) is 0 Å². The summed E-state index contributed by atoms with van der Waals surface area (Å²) in [6.45, 7) is 10.7. The molecule has 0 aliphatic carbocycles. The van der Waals surface area contributed by atoms with Crippen LogP contribution < -0.4 is 15.3 Å². The van der Waals surface area contributed by atoms with Crippen LogP contribution in [-0.4, -0.2) is 18.3 Å². The van der Waals surface area contributed by atoms with Crippen LogP contribution in [0.15, 0.2) is 0 Å². The smallest absolute Gasteiger partial charge is 0.852 e. The predicted molar refractivity (Wildman–Crippen MR) is 59.3 cm³/mol. The molecule has 0 aromatic heterocycles. The van der Waals surface area contributed by atoms with Gasteiger partial charge in [0.15, 0.2) is 0 Å². The fraction of sp³-hybridized carbons (Fsp3) is 1.00. The summed E-state index contributed by atoms with van der Waals surface area (Å²) in [4.78, 5) is 0. The van der Waals surface area contributed by atoms with E-state index in [1.165, 1.54) is 0 Å². The first-order valence-corrected chi connectivity index (χ1v) is 5.79. The van der Waals surface area contributed by atoms with Crippen molar-refractivity contribution in [2.75, 3.05) is 0 Å². The van der Waals surface area contributed by atoms with Crippen molar-refractivity contribution in [3.05, 3.63) is 0 Å². The maximum Gasteiger partial charge on any atom is 3.00 e. The molecule has 0 heterocycles. The standard InChI is InChI=1S/3C4H9O.Er/c3*1-3-4(2)5;/h3*4H,3H2,1-2H3;/q3*-1;+3. The second kappa shape index (κ2) is 21.4. The van der Waals surface area contributed by atoms with Crippen molar-refractivity contribution < 1.29 is 52.6 Å². The molecule has 0 fully saturated rings. The van der Waals surface area contributed by atoms with Gasteiger partial charge < -0.3 is 15.3 Å². The van der Waals surface area contributed by atoms with Gasteiger partial charge in [-0.15, -0.1) is 18.3 Å². The first-order valence-electron chi connectivity index (χ1n) is 5.79. The molecule has 3 nitrogen and oxygen atoms in total. The monoisotopic (exact) mass is 385 g/mol. The van der Waals surface area contributed by atoms with Gasteiger partial charge in [-0.25, -0.2) is 0 Å². The summed E-state index contributed by atoms with van der Waals surface area (Å²) >= 11 is 0. The Morgan fingerprint density at radius 2 is 0.688 bits per heavy atom. The van der Waals surface area contributed by atoms with Gasteiger partial charge in [0.25, 0.3) is 0 Å². The van der Waals surface area contributed by atoms with Crippen LogP contribution in [0.5, 0.6) is 0 Å². The Bertz CT molecular complexity index is 77.2. The average molecular weight is 387 g/mol. The fourth-order valence-corrected chi connectivity index (χ4v) is 0. The van der Waals surface area contributed by atoms with E-state index in [2.05, 4.69) is 0 Å². The zero-order valence-corrected chi connectivity index (χ0v) is 13.2. The molecule has 3 unspecified atom stereocenters. The molecule has 0 aromatic rings. The van der Waals surface area contributed by atoms with Crippen LogP contribution >= 0.6 is 0 Å². The minimum absolute atomic E-state index is 0. The molecule has 0 aliphatic heterocycles. The summed E-state index contributed by atoms with van der Waals surface area (Å²) in [7, 11) is 0. The molecule has 0 bridgehead atoms. The van der Waals surface area contributed by atoms with Crippen molar-refractivity contribution in [3.63, 3.8) is 0 Å². The second-order valence-corrected chi connectivity index (χ2v) is 3.66. The Morgan fingerprint density at radius 3 is 0.688 bits per heavy atom. The number of hydrogen-bond donors (Lipinski definition) is 0. The molecule has 105 valence electrons. The van der Waals surface area contributed by atoms with Crippen LogP contribution in [0.1, 0.15) is 60.8 Å². The molecule has 0 rings (SSSR count). The van der Waals surface area contributed by atoms with Crippen molar-refractivity contribution in [2.24, 2.45) is 0 Å². The Labute approximate surface area is 131 Å². The summed E-state index contributed by atoms with van der Waals surface area (Å²) in [6, 6.07) is 0. The van der Waals surface area contributed by atoms with Crippen LogP contribution in [-0.2, 0) is 0 Å². The Morgan fingerprint density at radius 1 is 0.625 bits per heavy atom. The number of hydrogen-bond acceptors (Lipinski definition) is 3. The van der Waals surface area contributed by atoms with Crippen LogP contribution in [0.25, 0.3) is 0 Å². The molecule has 0 aromatic carbocycles. The molecular weight excluding hydrogens is 359 g/mol. The van der Waals surface area contributed by atoms with E-state index in [-0.39, 0.29) is 55.6 Å². The SMILES string of the molecule is CCC(C)[O-].CCC(C)[O-].CCC(C)[O-].[Er+3]. The van der Waals surface area contributed by atoms with Crippen molar-refractivity contribution in [1.82, 2.24) is 0 Å². The molecule has 3 atom stereocenters. The molecule has 16 heavy (non-hydrogen) atoms. The average Bonchev–Trinajstić information content (AvgIpc) is 2.19. The van der Waals surface area contributed by atoms with Gasteiger partial charge in [0, 0.05) is 0 Å². The predicted octanol–water partition coefficient (Wildman–Crippen LogP) is 0.436. The summed E-state index contributed by atoms with van der Waals surface area (Å²) in [5.74, 6) is 0. The topological polar surface area (TPSA) is 69.2 Å². The Kier molecular flexibility index (Phi) is 34.6. The van der Waals surface area contributed by atoms with Crippen LogP contribution in [0.2, 0.25) is 0 Å². The fourth-order valence-electron chi connectivity index (χ4n) is 0. The summed E-state index contributed by atoms with van der Waals surface area (Å²) < 4.78 is 0. The van der Waals surface area contributed by atoms with E-state index in [4.69, 9.17) is 0 Å². The van der Waals surface area contributed by atoms with Gasteiger partial charge in [0.1, 0.15) is 0 Å². The molecular formula is C12H27ErO3. The quantitative estimate of drug-likeness (QED) is 0.707. The Balaban J connectivity index is -0.0000000655. The first-order chi connectivity index (χ1) is 6.81. The molecule has 0 amide bonds. The zero-order valence-electron chi connectivity index (χ0n) is 11.4. The van der Waals surface area contributed by atoms with Gasteiger partial charge in [-0.3, -0.25) is 0 Å². The maximum atomic E-state index is 9.90. The molecule has 0 aliphatic rings. The van der Waals surface area contributed by atoms with Gasteiger partial charge >= 0.3 is 37.3 Å². The minimum Gasteiger partial charge on any atom is -0.852 e. The third kappa shape index (κ3) is 59.4. The minimum atomic E-state index is -0.366. The normalized spacial score (nSPS) is 14.1. The van der Waals surface area contributed by atoms with E-state index in [1.807, 2.05) is 20.8 Å². The van der Waals surface area contributed by atoms with E-state index in [9.17, 15) is 15.3 Å². The third-order valence-corrected chi connectivity index (χ3v) is 1.72. The summed E-state index contributed by atoms with van der Waals surface area (Å²) in [6.07, 6.45) is 1.15. The van der Waals surface area contributed by atoms with Gasteiger partial charge in [-0.2, -0.15) is 0 Å². The van der Waals surface area contributed by atoms with Crippen LogP contribution in [0.4, 0.5) is 0 Å². The summed E-state index contributed by atoms with van der Waals surface area (Å²) in [5, 5.41) is 29.7. The van der Waals surface area contributed by atoms with E-state index in [1.54, 1.807) is 20.8 Å². The van der Waals surface area contributed by atoms with Crippen molar-refractivity contribution in [2.45, 2.75) is 79.1 Å². The van der Waals surface area contributed by atoms with E-state index >= 15 is 0 Å². The molecule has 0 saturated carbocycles. The zero-order chi connectivity index (χ0) is 12.9. The molecule has 4 heteroatoms.